The molecule has 1 aliphatic heterocycles. The molecule has 1 aliphatic carbocycles. The van der Waals surface area contributed by atoms with Gasteiger partial charge in [-0.15, -0.1) is 0 Å². The topological polar surface area (TPSA) is 46.3 Å². The van der Waals surface area contributed by atoms with Gasteiger partial charge in [-0.1, -0.05) is 37.5 Å². The average molecular weight is 272 g/mol. The smallest absolute Gasteiger partial charge is 0.247 e. The molecule has 0 aromatic heterocycles. The predicted octanol–water partition coefficient (Wildman–Crippen LogP) is 3.02. The highest BCUT2D eigenvalue weighted by molar-refractivity contribution is 6.00. The van der Waals surface area contributed by atoms with E-state index in [1.165, 1.54) is 12.0 Å². The number of fused-ring (bicyclic) bond motifs is 1. The van der Waals surface area contributed by atoms with Crippen molar-refractivity contribution in [3.8, 4) is 0 Å². The van der Waals surface area contributed by atoms with Crippen molar-refractivity contribution in [3.05, 3.63) is 29.8 Å². The molecule has 0 unspecified atom stereocenters. The van der Waals surface area contributed by atoms with Crippen LogP contribution in [0.3, 0.4) is 0 Å². The summed E-state index contributed by atoms with van der Waals surface area (Å²) < 4.78 is 0. The van der Waals surface area contributed by atoms with Gasteiger partial charge in [0, 0.05) is 12.2 Å². The van der Waals surface area contributed by atoms with E-state index >= 15 is 0 Å². The number of aryl methyl sites for hydroxylation is 1. The minimum Gasteiger partial charge on any atom is -0.317 e. The van der Waals surface area contributed by atoms with Crippen molar-refractivity contribution >= 4 is 11.6 Å². The molecule has 1 fully saturated rings. The van der Waals surface area contributed by atoms with Gasteiger partial charge < -0.3 is 10.6 Å². The summed E-state index contributed by atoms with van der Waals surface area (Å²) in [6.07, 6.45) is 8.33. The van der Waals surface area contributed by atoms with Crippen LogP contribution in [0.2, 0.25) is 0 Å². The van der Waals surface area contributed by atoms with E-state index in [2.05, 4.69) is 18.2 Å². The van der Waals surface area contributed by atoms with E-state index in [0.29, 0.717) is 0 Å². The van der Waals surface area contributed by atoms with Crippen LogP contribution in [-0.4, -0.2) is 18.0 Å². The molecule has 20 heavy (non-hydrogen) atoms. The largest absolute Gasteiger partial charge is 0.317 e. The molecule has 3 heteroatoms. The minimum atomic E-state index is -0.629. The number of rotatable bonds is 1. The summed E-state index contributed by atoms with van der Waals surface area (Å²) in [5.41, 5.74) is 8.20. The van der Waals surface area contributed by atoms with Crippen molar-refractivity contribution in [3.63, 3.8) is 0 Å². The van der Waals surface area contributed by atoms with E-state index in [1.807, 2.05) is 11.0 Å². The Balaban J connectivity index is 1.91. The molecule has 2 N–H and O–H groups in total. The van der Waals surface area contributed by atoms with Crippen LogP contribution in [0, 0.1) is 0 Å². The maximum Gasteiger partial charge on any atom is 0.247 e. The first-order chi connectivity index (χ1) is 9.71. The molecular weight excluding hydrogens is 248 g/mol. The summed E-state index contributed by atoms with van der Waals surface area (Å²) in [5.74, 6) is 0.145. The fourth-order valence-electron chi connectivity index (χ4n) is 3.57. The molecule has 1 heterocycles. The zero-order chi connectivity index (χ0) is 14.0. The Kier molecular flexibility index (Phi) is 3.79. The number of nitrogens with two attached hydrogens (primary N) is 1. The second kappa shape index (κ2) is 5.57. The highest BCUT2D eigenvalue weighted by Crippen LogP contribution is 2.32. The average Bonchev–Trinajstić information content (AvgIpc) is 2.69. The molecule has 0 radical (unpaired) electrons. The zero-order valence-corrected chi connectivity index (χ0v) is 12.1. The van der Waals surface area contributed by atoms with Gasteiger partial charge in [0.2, 0.25) is 5.91 Å². The summed E-state index contributed by atoms with van der Waals surface area (Å²) >= 11 is 0. The predicted molar refractivity (Wildman–Crippen MR) is 81.7 cm³/mol. The Labute approximate surface area is 121 Å². The monoisotopic (exact) mass is 272 g/mol. The van der Waals surface area contributed by atoms with Crippen LogP contribution in [0.1, 0.15) is 50.5 Å². The molecule has 0 saturated heterocycles. The van der Waals surface area contributed by atoms with Gasteiger partial charge in [-0.05, 0) is 43.7 Å². The van der Waals surface area contributed by atoms with E-state index in [4.69, 9.17) is 5.73 Å². The Morgan fingerprint density at radius 1 is 1.05 bits per heavy atom. The van der Waals surface area contributed by atoms with Gasteiger partial charge in [0.15, 0.2) is 0 Å². The van der Waals surface area contributed by atoms with Crippen molar-refractivity contribution in [1.82, 2.24) is 0 Å². The quantitative estimate of drug-likeness (QED) is 0.854. The number of amides is 1. The second-order valence-corrected chi connectivity index (χ2v) is 6.26. The molecule has 1 aromatic carbocycles. The third-order valence-electron chi connectivity index (χ3n) is 4.78. The molecule has 0 bridgehead atoms. The summed E-state index contributed by atoms with van der Waals surface area (Å²) in [5, 5.41) is 0. The van der Waals surface area contributed by atoms with E-state index in [-0.39, 0.29) is 5.91 Å². The lowest BCUT2D eigenvalue weighted by Gasteiger charge is -2.37. The highest BCUT2D eigenvalue weighted by atomic mass is 16.2. The SMILES string of the molecule is NC1(C(=O)N2CCCCc3ccccc32)CCCCC1. The molecule has 2 aliphatic rings. The van der Waals surface area contributed by atoms with Crippen molar-refractivity contribution in [1.29, 1.82) is 0 Å². The molecule has 1 amide bonds. The van der Waals surface area contributed by atoms with Gasteiger partial charge in [0.1, 0.15) is 0 Å². The molecule has 1 aromatic rings. The molecule has 1 saturated carbocycles. The van der Waals surface area contributed by atoms with E-state index in [1.54, 1.807) is 0 Å². The lowest BCUT2D eigenvalue weighted by Crippen LogP contribution is -2.56. The first kappa shape index (κ1) is 13.6. The van der Waals surface area contributed by atoms with Crippen LogP contribution in [0.25, 0.3) is 0 Å². The highest BCUT2D eigenvalue weighted by Gasteiger charge is 2.39. The zero-order valence-electron chi connectivity index (χ0n) is 12.1. The molecule has 108 valence electrons. The van der Waals surface area contributed by atoms with E-state index in [9.17, 15) is 4.79 Å². The van der Waals surface area contributed by atoms with Crippen LogP contribution in [0.5, 0.6) is 0 Å². The van der Waals surface area contributed by atoms with Gasteiger partial charge >= 0.3 is 0 Å². The fourth-order valence-corrected chi connectivity index (χ4v) is 3.57. The fraction of sp³-hybridized carbons (Fsp3) is 0.588. The molecule has 0 atom stereocenters. The molecule has 0 spiro atoms. The number of benzene rings is 1. The number of nitrogens with zero attached hydrogens (tertiary/aromatic N) is 1. The van der Waals surface area contributed by atoms with Crippen molar-refractivity contribution in [2.75, 3.05) is 11.4 Å². The Morgan fingerprint density at radius 3 is 2.60 bits per heavy atom. The lowest BCUT2D eigenvalue weighted by molar-refractivity contribution is -0.124. The first-order valence-corrected chi connectivity index (χ1v) is 7.89. The molecule has 3 rings (SSSR count). The summed E-state index contributed by atoms with van der Waals surface area (Å²) in [7, 11) is 0. The Hall–Kier alpha value is -1.35. The first-order valence-electron chi connectivity index (χ1n) is 7.89. The van der Waals surface area contributed by atoms with Crippen LogP contribution in [-0.2, 0) is 11.2 Å². The van der Waals surface area contributed by atoms with E-state index < -0.39 is 5.54 Å². The third kappa shape index (κ3) is 2.47. The Bertz CT molecular complexity index is 492. The van der Waals surface area contributed by atoms with E-state index in [0.717, 1.165) is 57.2 Å². The van der Waals surface area contributed by atoms with Gasteiger partial charge in [0.25, 0.3) is 0 Å². The van der Waals surface area contributed by atoms with Crippen molar-refractivity contribution < 1.29 is 4.79 Å². The van der Waals surface area contributed by atoms with Crippen molar-refractivity contribution in [2.45, 2.75) is 56.9 Å². The van der Waals surface area contributed by atoms with Gasteiger partial charge in [-0.2, -0.15) is 0 Å². The number of hydrogen-bond acceptors (Lipinski definition) is 2. The standard InChI is InChI=1S/C17H24N2O/c18-17(11-5-1-6-12-17)16(20)19-13-7-4-9-14-8-2-3-10-15(14)19/h2-3,8,10H,1,4-7,9,11-13,18H2. The van der Waals surface area contributed by atoms with Crippen molar-refractivity contribution in [2.24, 2.45) is 5.73 Å². The maximum absolute atomic E-state index is 13.0. The minimum absolute atomic E-state index is 0.145. The summed E-state index contributed by atoms with van der Waals surface area (Å²) in [6, 6.07) is 8.30. The second-order valence-electron chi connectivity index (χ2n) is 6.26. The van der Waals surface area contributed by atoms with Gasteiger partial charge in [-0.3, -0.25) is 4.79 Å². The number of carbonyl (C=O) groups excluding carboxylic acids is 1. The van der Waals surface area contributed by atoms with Crippen LogP contribution in [0.4, 0.5) is 5.69 Å². The number of para-hydroxylation sites is 1. The third-order valence-corrected chi connectivity index (χ3v) is 4.78. The Morgan fingerprint density at radius 2 is 1.80 bits per heavy atom. The number of anilines is 1. The summed E-state index contributed by atoms with van der Waals surface area (Å²) in [4.78, 5) is 15.0. The number of hydrogen-bond donors (Lipinski definition) is 1. The van der Waals surface area contributed by atoms with Crippen LogP contribution >= 0.6 is 0 Å². The lowest BCUT2D eigenvalue weighted by atomic mass is 9.81. The summed E-state index contributed by atoms with van der Waals surface area (Å²) in [6.45, 7) is 0.814. The normalized spacial score (nSPS) is 21.9. The van der Waals surface area contributed by atoms with Crippen LogP contribution < -0.4 is 10.6 Å². The molecule has 3 nitrogen and oxygen atoms in total. The maximum atomic E-state index is 13.0. The number of carbonyl (C=O) groups is 1. The van der Waals surface area contributed by atoms with Crippen LogP contribution in [0.15, 0.2) is 24.3 Å². The molecular formula is C17H24N2O. The van der Waals surface area contributed by atoms with Gasteiger partial charge in [-0.25, -0.2) is 0 Å². The van der Waals surface area contributed by atoms with Gasteiger partial charge in [0.05, 0.1) is 5.54 Å².